The molecule has 1 rings (SSSR count). The molecule has 0 fully saturated rings. The van der Waals surface area contributed by atoms with Crippen molar-refractivity contribution in [3.8, 4) is 0 Å². The maximum Gasteiger partial charge on any atom is 0.251 e. The van der Waals surface area contributed by atoms with Crippen LogP contribution in [0.15, 0.2) is 24.3 Å². The molecule has 1 aromatic rings. The Bertz CT molecular complexity index is 393. The van der Waals surface area contributed by atoms with Gasteiger partial charge in [0.05, 0.1) is 12.6 Å². The van der Waals surface area contributed by atoms with Gasteiger partial charge in [0.25, 0.3) is 5.91 Å². The van der Waals surface area contributed by atoms with E-state index in [1.165, 1.54) is 0 Å². The predicted molar refractivity (Wildman–Crippen MR) is 74.0 cm³/mol. The van der Waals surface area contributed by atoms with Crippen molar-refractivity contribution in [3.05, 3.63) is 35.4 Å². The highest BCUT2D eigenvalue weighted by atomic mass is 35.5. The number of hydrogen-bond donors (Lipinski definition) is 1. The first kappa shape index (κ1) is 15.0. The number of amides is 1. The summed E-state index contributed by atoms with van der Waals surface area (Å²) in [6, 6.07) is 7.36. The second-order valence-electron chi connectivity index (χ2n) is 4.61. The van der Waals surface area contributed by atoms with Crippen molar-refractivity contribution in [2.24, 2.45) is 5.92 Å². The molecular weight excluding hydrogens is 250 g/mol. The van der Waals surface area contributed by atoms with Crippen LogP contribution in [0.1, 0.15) is 29.8 Å². The molecule has 0 saturated carbocycles. The van der Waals surface area contributed by atoms with Gasteiger partial charge in [-0.05, 0) is 23.6 Å². The smallest absolute Gasteiger partial charge is 0.251 e. The van der Waals surface area contributed by atoms with Gasteiger partial charge in [-0.1, -0.05) is 26.0 Å². The molecule has 0 aliphatic rings. The van der Waals surface area contributed by atoms with Crippen molar-refractivity contribution in [2.45, 2.75) is 25.8 Å². The van der Waals surface area contributed by atoms with Crippen LogP contribution in [0.25, 0.3) is 0 Å². The van der Waals surface area contributed by atoms with Gasteiger partial charge in [-0.2, -0.15) is 0 Å². The van der Waals surface area contributed by atoms with Gasteiger partial charge in [0, 0.05) is 18.6 Å². The van der Waals surface area contributed by atoms with Crippen molar-refractivity contribution in [3.63, 3.8) is 0 Å². The van der Waals surface area contributed by atoms with Crippen LogP contribution in [0.3, 0.4) is 0 Å². The minimum atomic E-state index is -0.0854. The Morgan fingerprint density at radius 3 is 2.72 bits per heavy atom. The molecule has 0 spiro atoms. The Labute approximate surface area is 113 Å². The maximum absolute atomic E-state index is 12.1. The Balaban J connectivity index is 2.73. The van der Waals surface area contributed by atoms with E-state index in [4.69, 9.17) is 16.3 Å². The molecule has 0 aromatic heterocycles. The number of ether oxygens (including phenoxy) is 1. The largest absolute Gasteiger partial charge is 0.383 e. The van der Waals surface area contributed by atoms with E-state index in [9.17, 15) is 4.79 Å². The zero-order valence-electron chi connectivity index (χ0n) is 11.1. The molecule has 0 aliphatic carbocycles. The van der Waals surface area contributed by atoms with E-state index in [1.807, 2.05) is 18.2 Å². The van der Waals surface area contributed by atoms with Crippen LogP contribution < -0.4 is 5.32 Å². The second-order valence-corrected chi connectivity index (χ2v) is 4.88. The molecule has 1 aromatic carbocycles. The number of benzene rings is 1. The van der Waals surface area contributed by atoms with Crippen LogP contribution in [0.5, 0.6) is 0 Å². The monoisotopic (exact) mass is 269 g/mol. The number of carbonyl (C=O) groups is 1. The molecule has 1 atom stereocenters. The summed E-state index contributed by atoms with van der Waals surface area (Å²) < 4.78 is 5.11. The lowest BCUT2D eigenvalue weighted by molar-refractivity contribution is 0.0866. The third-order valence-corrected chi connectivity index (χ3v) is 3.12. The summed E-state index contributed by atoms with van der Waals surface area (Å²) >= 11 is 5.76. The number of hydrogen-bond acceptors (Lipinski definition) is 2. The zero-order chi connectivity index (χ0) is 13.5. The van der Waals surface area contributed by atoms with E-state index in [-0.39, 0.29) is 11.9 Å². The van der Waals surface area contributed by atoms with Crippen molar-refractivity contribution < 1.29 is 9.53 Å². The van der Waals surface area contributed by atoms with Crippen molar-refractivity contribution >= 4 is 17.5 Å². The number of rotatable bonds is 6. The van der Waals surface area contributed by atoms with Crippen molar-refractivity contribution in [2.75, 3.05) is 13.7 Å². The highest BCUT2D eigenvalue weighted by Gasteiger charge is 2.17. The zero-order valence-corrected chi connectivity index (χ0v) is 11.8. The predicted octanol–water partition coefficient (Wildman–Crippen LogP) is 2.83. The summed E-state index contributed by atoms with van der Waals surface area (Å²) in [5, 5.41) is 2.98. The first-order valence-electron chi connectivity index (χ1n) is 6.03. The number of alkyl halides is 1. The quantitative estimate of drug-likeness (QED) is 0.807. The molecule has 4 heteroatoms. The van der Waals surface area contributed by atoms with E-state index in [0.29, 0.717) is 24.0 Å². The molecule has 1 amide bonds. The maximum atomic E-state index is 12.1. The highest BCUT2D eigenvalue weighted by Crippen LogP contribution is 2.09. The molecule has 18 heavy (non-hydrogen) atoms. The van der Waals surface area contributed by atoms with Crippen LogP contribution in [-0.4, -0.2) is 25.7 Å². The fraction of sp³-hybridized carbons (Fsp3) is 0.500. The van der Waals surface area contributed by atoms with Crippen molar-refractivity contribution in [1.29, 1.82) is 0 Å². The van der Waals surface area contributed by atoms with E-state index < -0.39 is 0 Å². The highest BCUT2D eigenvalue weighted by molar-refractivity contribution is 6.17. The fourth-order valence-electron chi connectivity index (χ4n) is 1.63. The minimum absolute atomic E-state index is 0.0159. The van der Waals surface area contributed by atoms with E-state index in [1.54, 1.807) is 13.2 Å². The molecule has 0 heterocycles. The average molecular weight is 270 g/mol. The number of nitrogens with one attached hydrogen (secondary N) is 1. The lowest BCUT2D eigenvalue weighted by Crippen LogP contribution is -2.41. The molecule has 0 bridgehead atoms. The van der Waals surface area contributed by atoms with Gasteiger partial charge in [-0.3, -0.25) is 4.79 Å². The van der Waals surface area contributed by atoms with Crippen molar-refractivity contribution in [1.82, 2.24) is 5.32 Å². The normalized spacial score (nSPS) is 12.5. The van der Waals surface area contributed by atoms with Gasteiger partial charge in [0.2, 0.25) is 0 Å². The van der Waals surface area contributed by atoms with E-state index in [2.05, 4.69) is 19.2 Å². The van der Waals surface area contributed by atoms with Gasteiger partial charge in [0.1, 0.15) is 0 Å². The van der Waals surface area contributed by atoms with Crippen LogP contribution in [0.4, 0.5) is 0 Å². The molecule has 100 valence electrons. The minimum Gasteiger partial charge on any atom is -0.383 e. The molecule has 0 radical (unpaired) electrons. The number of halogens is 1. The Hall–Kier alpha value is -1.06. The van der Waals surface area contributed by atoms with Gasteiger partial charge >= 0.3 is 0 Å². The Morgan fingerprint density at radius 2 is 2.17 bits per heavy atom. The number of methoxy groups -OCH3 is 1. The Morgan fingerprint density at radius 1 is 1.44 bits per heavy atom. The van der Waals surface area contributed by atoms with Crippen LogP contribution in [0, 0.1) is 5.92 Å². The molecule has 3 nitrogen and oxygen atoms in total. The van der Waals surface area contributed by atoms with Gasteiger partial charge < -0.3 is 10.1 Å². The molecule has 0 saturated heterocycles. The molecule has 1 unspecified atom stereocenters. The first-order chi connectivity index (χ1) is 8.58. The van der Waals surface area contributed by atoms with Gasteiger partial charge in [0.15, 0.2) is 0 Å². The van der Waals surface area contributed by atoms with Gasteiger partial charge in [-0.25, -0.2) is 0 Å². The fourth-order valence-corrected chi connectivity index (χ4v) is 1.79. The summed E-state index contributed by atoms with van der Waals surface area (Å²) in [7, 11) is 1.63. The Kier molecular flexibility index (Phi) is 6.16. The lowest BCUT2D eigenvalue weighted by atomic mass is 10.0. The summed E-state index contributed by atoms with van der Waals surface area (Å²) in [6.07, 6.45) is 0. The first-order valence-corrected chi connectivity index (χ1v) is 6.56. The van der Waals surface area contributed by atoms with Crippen LogP contribution >= 0.6 is 11.6 Å². The van der Waals surface area contributed by atoms with Gasteiger partial charge in [-0.15, -0.1) is 11.6 Å². The summed E-state index contributed by atoms with van der Waals surface area (Å²) in [4.78, 5) is 12.1. The SMILES string of the molecule is COCC(NC(=O)c1cccc(CCl)c1)C(C)C. The average Bonchev–Trinajstić information content (AvgIpc) is 2.38. The summed E-state index contributed by atoms with van der Waals surface area (Å²) in [5.41, 5.74) is 1.58. The van der Waals surface area contributed by atoms with Crippen LogP contribution in [-0.2, 0) is 10.6 Å². The lowest BCUT2D eigenvalue weighted by Gasteiger charge is -2.21. The third-order valence-electron chi connectivity index (χ3n) is 2.81. The standard InChI is InChI=1S/C14H20ClNO2/c1-10(2)13(9-18-3)16-14(17)12-6-4-5-11(7-12)8-15/h4-7,10,13H,8-9H2,1-3H3,(H,16,17). The second kappa shape index (κ2) is 7.39. The third kappa shape index (κ3) is 4.31. The van der Waals surface area contributed by atoms with Crippen LogP contribution in [0.2, 0.25) is 0 Å². The molecule has 0 aliphatic heterocycles. The summed E-state index contributed by atoms with van der Waals surface area (Å²) in [6.45, 7) is 4.62. The number of carbonyl (C=O) groups excluding carboxylic acids is 1. The van der Waals surface area contributed by atoms with E-state index in [0.717, 1.165) is 5.56 Å². The summed E-state index contributed by atoms with van der Waals surface area (Å²) in [5.74, 6) is 0.648. The molecular formula is C14H20ClNO2. The topological polar surface area (TPSA) is 38.3 Å². The van der Waals surface area contributed by atoms with E-state index >= 15 is 0 Å². The molecule has 1 N–H and O–H groups in total.